The molecule has 0 bridgehead atoms. The highest BCUT2D eigenvalue weighted by atomic mass is 15.2. The van der Waals surface area contributed by atoms with E-state index in [1.165, 1.54) is 32.5 Å². The van der Waals surface area contributed by atoms with Gasteiger partial charge in [0.2, 0.25) is 0 Å². The Balaban J connectivity index is 2.45. The molecule has 1 fully saturated rings. The summed E-state index contributed by atoms with van der Waals surface area (Å²) < 4.78 is 0. The van der Waals surface area contributed by atoms with Crippen LogP contribution in [-0.4, -0.2) is 36.6 Å². The first-order valence-corrected chi connectivity index (χ1v) is 7.87. The molecule has 108 valence electrons. The van der Waals surface area contributed by atoms with Crippen LogP contribution in [0.15, 0.2) is 0 Å². The van der Waals surface area contributed by atoms with E-state index in [9.17, 15) is 0 Å². The summed E-state index contributed by atoms with van der Waals surface area (Å²) in [5.74, 6) is 2.47. The van der Waals surface area contributed by atoms with Gasteiger partial charge in [0.15, 0.2) is 0 Å². The molecule has 0 amide bonds. The van der Waals surface area contributed by atoms with Crippen molar-refractivity contribution in [2.75, 3.05) is 19.6 Å². The van der Waals surface area contributed by atoms with Gasteiger partial charge in [0.1, 0.15) is 0 Å². The van der Waals surface area contributed by atoms with Gasteiger partial charge in [0.05, 0.1) is 0 Å². The maximum Gasteiger partial charge on any atom is 0.0198 e. The largest absolute Gasteiger partial charge is 0.313 e. The summed E-state index contributed by atoms with van der Waals surface area (Å²) in [6, 6.07) is 1.38. The van der Waals surface area contributed by atoms with Crippen LogP contribution >= 0.6 is 0 Å². The second kappa shape index (κ2) is 7.49. The van der Waals surface area contributed by atoms with Crippen LogP contribution in [0.3, 0.4) is 0 Å². The minimum absolute atomic E-state index is 0.681. The van der Waals surface area contributed by atoms with Crippen molar-refractivity contribution in [3.63, 3.8) is 0 Å². The van der Waals surface area contributed by atoms with Crippen LogP contribution in [-0.2, 0) is 0 Å². The molecule has 0 aromatic rings. The second-order valence-corrected chi connectivity index (χ2v) is 7.12. The number of nitrogens with zero attached hydrogens (tertiary/aromatic N) is 1. The highest BCUT2D eigenvalue weighted by molar-refractivity contribution is 4.86. The van der Waals surface area contributed by atoms with Crippen LogP contribution in [0.5, 0.6) is 0 Å². The molecule has 2 atom stereocenters. The average Bonchev–Trinajstić information content (AvgIpc) is 2.28. The number of likely N-dealkylation sites (tertiary alicyclic amines) is 1. The molecule has 2 unspecified atom stereocenters. The van der Waals surface area contributed by atoms with Crippen LogP contribution in [0.1, 0.15) is 54.4 Å². The molecule has 1 N–H and O–H groups in total. The lowest BCUT2D eigenvalue weighted by molar-refractivity contribution is 0.0902. The standard InChI is InChI=1S/C16H34N2/c1-12(2)7-8-17-16-9-15(13(3)4)10-18(11-16)14(5)6/h12-17H,7-11H2,1-6H3. The van der Waals surface area contributed by atoms with Gasteiger partial charge in [-0.1, -0.05) is 27.7 Å². The molecule has 1 aliphatic heterocycles. The van der Waals surface area contributed by atoms with Crippen LogP contribution < -0.4 is 5.32 Å². The van der Waals surface area contributed by atoms with Crippen LogP contribution in [0, 0.1) is 17.8 Å². The molecule has 0 aromatic heterocycles. The van der Waals surface area contributed by atoms with Crippen LogP contribution in [0.25, 0.3) is 0 Å². The van der Waals surface area contributed by atoms with Gasteiger partial charge in [-0.25, -0.2) is 0 Å². The molecular weight excluding hydrogens is 220 g/mol. The van der Waals surface area contributed by atoms with E-state index in [4.69, 9.17) is 0 Å². The summed E-state index contributed by atoms with van der Waals surface area (Å²) >= 11 is 0. The topological polar surface area (TPSA) is 15.3 Å². The molecule has 1 saturated heterocycles. The normalized spacial score (nSPS) is 26.5. The Morgan fingerprint density at radius 2 is 1.72 bits per heavy atom. The molecule has 1 aliphatic rings. The Morgan fingerprint density at radius 3 is 2.22 bits per heavy atom. The van der Waals surface area contributed by atoms with Crippen molar-refractivity contribution < 1.29 is 0 Å². The van der Waals surface area contributed by atoms with Crippen molar-refractivity contribution in [1.29, 1.82) is 0 Å². The maximum atomic E-state index is 3.78. The van der Waals surface area contributed by atoms with Crippen molar-refractivity contribution in [3.8, 4) is 0 Å². The Morgan fingerprint density at radius 1 is 1.06 bits per heavy atom. The average molecular weight is 254 g/mol. The fourth-order valence-electron chi connectivity index (χ4n) is 2.80. The number of hydrogen-bond acceptors (Lipinski definition) is 2. The predicted octanol–water partition coefficient (Wildman–Crippen LogP) is 3.38. The van der Waals surface area contributed by atoms with E-state index in [0.717, 1.165) is 17.8 Å². The zero-order valence-electron chi connectivity index (χ0n) is 13.4. The van der Waals surface area contributed by atoms with Crippen molar-refractivity contribution in [2.24, 2.45) is 17.8 Å². The third-order valence-corrected chi connectivity index (χ3v) is 4.34. The lowest BCUT2D eigenvalue weighted by Gasteiger charge is -2.42. The summed E-state index contributed by atoms with van der Waals surface area (Å²) in [6.45, 7) is 17.7. The van der Waals surface area contributed by atoms with E-state index in [1.807, 2.05) is 0 Å². The summed E-state index contributed by atoms with van der Waals surface area (Å²) in [6.07, 6.45) is 2.66. The summed E-state index contributed by atoms with van der Waals surface area (Å²) in [5, 5.41) is 3.78. The number of nitrogens with one attached hydrogen (secondary N) is 1. The smallest absolute Gasteiger partial charge is 0.0198 e. The molecule has 1 rings (SSSR count). The predicted molar refractivity (Wildman–Crippen MR) is 80.9 cm³/mol. The minimum Gasteiger partial charge on any atom is -0.313 e. The van der Waals surface area contributed by atoms with E-state index in [1.54, 1.807) is 0 Å². The molecule has 0 radical (unpaired) electrons. The lowest BCUT2D eigenvalue weighted by atomic mass is 9.85. The van der Waals surface area contributed by atoms with Gasteiger partial charge in [0, 0.05) is 25.2 Å². The highest BCUT2D eigenvalue weighted by Crippen LogP contribution is 2.25. The second-order valence-electron chi connectivity index (χ2n) is 7.12. The van der Waals surface area contributed by atoms with E-state index in [-0.39, 0.29) is 0 Å². The van der Waals surface area contributed by atoms with Crippen LogP contribution in [0.2, 0.25) is 0 Å². The van der Waals surface area contributed by atoms with Gasteiger partial charge in [-0.05, 0) is 51.0 Å². The first-order valence-electron chi connectivity index (χ1n) is 7.87. The van der Waals surface area contributed by atoms with Gasteiger partial charge in [0.25, 0.3) is 0 Å². The molecule has 18 heavy (non-hydrogen) atoms. The summed E-state index contributed by atoms with van der Waals surface area (Å²) in [5.41, 5.74) is 0. The third kappa shape index (κ3) is 5.27. The van der Waals surface area contributed by atoms with E-state index < -0.39 is 0 Å². The SMILES string of the molecule is CC(C)CCNC1CC(C(C)C)CN(C(C)C)C1. The maximum absolute atomic E-state index is 3.78. The Kier molecular flexibility index (Phi) is 6.65. The summed E-state index contributed by atoms with van der Waals surface area (Å²) in [7, 11) is 0. The van der Waals surface area contributed by atoms with Gasteiger partial charge in [-0.15, -0.1) is 0 Å². The quantitative estimate of drug-likeness (QED) is 0.782. The first-order chi connectivity index (χ1) is 8.40. The molecule has 0 aliphatic carbocycles. The lowest BCUT2D eigenvalue weighted by Crippen LogP contribution is -2.52. The van der Waals surface area contributed by atoms with Crippen molar-refractivity contribution in [2.45, 2.75) is 66.5 Å². The number of hydrogen-bond donors (Lipinski definition) is 1. The van der Waals surface area contributed by atoms with Gasteiger partial charge in [-0.2, -0.15) is 0 Å². The zero-order chi connectivity index (χ0) is 13.7. The summed E-state index contributed by atoms with van der Waals surface area (Å²) in [4.78, 5) is 2.65. The molecular formula is C16H34N2. The Bertz CT molecular complexity index is 207. The molecule has 0 aromatic carbocycles. The van der Waals surface area contributed by atoms with Gasteiger partial charge >= 0.3 is 0 Å². The Hall–Kier alpha value is -0.0800. The molecule has 0 saturated carbocycles. The van der Waals surface area contributed by atoms with Crippen molar-refractivity contribution in [1.82, 2.24) is 10.2 Å². The molecule has 2 nitrogen and oxygen atoms in total. The first kappa shape index (κ1) is 16.0. The van der Waals surface area contributed by atoms with Crippen molar-refractivity contribution >= 4 is 0 Å². The minimum atomic E-state index is 0.681. The Labute approximate surface area is 115 Å². The monoisotopic (exact) mass is 254 g/mol. The van der Waals surface area contributed by atoms with E-state index in [0.29, 0.717) is 12.1 Å². The highest BCUT2D eigenvalue weighted by Gasteiger charge is 2.29. The van der Waals surface area contributed by atoms with E-state index >= 15 is 0 Å². The fraction of sp³-hybridized carbons (Fsp3) is 1.00. The van der Waals surface area contributed by atoms with Crippen molar-refractivity contribution in [3.05, 3.63) is 0 Å². The van der Waals surface area contributed by atoms with E-state index in [2.05, 4.69) is 51.8 Å². The van der Waals surface area contributed by atoms with Gasteiger partial charge in [-0.3, -0.25) is 4.90 Å². The molecule has 1 heterocycles. The third-order valence-electron chi connectivity index (χ3n) is 4.34. The molecule has 2 heteroatoms. The number of rotatable bonds is 6. The van der Waals surface area contributed by atoms with Gasteiger partial charge < -0.3 is 5.32 Å². The zero-order valence-corrected chi connectivity index (χ0v) is 13.4. The fourth-order valence-corrected chi connectivity index (χ4v) is 2.80. The van der Waals surface area contributed by atoms with Crippen LogP contribution in [0.4, 0.5) is 0 Å². The number of piperidine rings is 1. The molecule has 0 spiro atoms.